The lowest BCUT2D eigenvalue weighted by atomic mass is 9.92. The normalized spacial score (nSPS) is 15.9. The maximum Gasteiger partial charge on any atom is 0.275 e. The topological polar surface area (TPSA) is 84.6 Å². The molecule has 0 fully saturated rings. The Morgan fingerprint density at radius 3 is 2.83 bits per heavy atom. The zero-order valence-electron chi connectivity index (χ0n) is 12.2. The molecule has 1 N–H and O–H groups in total. The van der Waals surface area contributed by atoms with E-state index >= 15 is 0 Å². The molecule has 0 aromatic heterocycles. The number of rotatable bonds is 4. The molecule has 0 saturated heterocycles. The minimum absolute atomic E-state index is 0.134. The van der Waals surface area contributed by atoms with Gasteiger partial charge in [0.2, 0.25) is 0 Å². The second-order valence-corrected chi connectivity index (χ2v) is 6.08. The van der Waals surface area contributed by atoms with E-state index in [-0.39, 0.29) is 11.5 Å². The fourth-order valence-corrected chi connectivity index (χ4v) is 3.07. The van der Waals surface area contributed by atoms with Gasteiger partial charge in [0.15, 0.2) is 0 Å². The van der Waals surface area contributed by atoms with Crippen molar-refractivity contribution in [3.63, 3.8) is 0 Å². The van der Waals surface area contributed by atoms with Crippen LogP contribution in [-0.2, 0) is 11.2 Å². The molecule has 0 aliphatic carbocycles. The molecule has 1 heterocycles. The number of nitro benzene ring substituents is 1. The van der Waals surface area contributed by atoms with Crippen molar-refractivity contribution >= 4 is 33.6 Å². The van der Waals surface area contributed by atoms with Crippen LogP contribution in [0.25, 0.3) is 0 Å². The van der Waals surface area contributed by atoms with E-state index in [4.69, 9.17) is 0 Å². The molecule has 0 radical (unpaired) electrons. The third kappa shape index (κ3) is 2.92. The van der Waals surface area contributed by atoms with Gasteiger partial charge < -0.3 is 4.79 Å². The van der Waals surface area contributed by atoms with Gasteiger partial charge in [0.1, 0.15) is 18.1 Å². The highest BCUT2D eigenvalue weighted by Crippen LogP contribution is 2.31. The number of nitrogens with zero attached hydrogens (tertiary/aromatic N) is 2. The number of hydrogen-bond acceptors (Lipinski definition) is 5. The van der Waals surface area contributed by atoms with Crippen LogP contribution in [0, 0.1) is 15.9 Å². The molecule has 8 heteroatoms. The van der Waals surface area contributed by atoms with Gasteiger partial charge in [0.05, 0.1) is 20.7 Å². The van der Waals surface area contributed by atoms with Crippen LogP contribution in [0.4, 0.5) is 10.1 Å². The third-order valence-corrected chi connectivity index (χ3v) is 4.34. The van der Waals surface area contributed by atoms with Gasteiger partial charge in [-0.1, -0.05) is 18.2 Å². The lowest BCUT2D eigenvalue weighted by Crippen LogP contribution is -2.29. The summed E-state index contributed by atoms with van der Waals surface area (Å²) in [5.74, 6) is -0.375. The van der Waals surface area contributed by atoms with Gasteiger partial charge in [-0.2, -0.15) is 5.10 Å². The van der Waals surface area contributed by atoms with Crippen LogP contribution in [0.3, 0.4) is 0 Å². The highest BCUT2D eigenvalue weighted by atomic mass is 79.9. The minimum atomic E-state index is -0.870. The van der Waals surface area contributed by atoms with Crippen LogP contribution in [0.2, 0.25) is 0 Å². The minimum Gasteiger partial charge on any atom is -0.301 e. The molecule has 0 spiro atoms. The first-order chi connectivity index (χ1) is 11.5. The van der Waals surface area contributed by atoms with Crippen molar-refractivity contribution in [1.82, 2.24) is 5.43 Å². The Morgan fingerprint density at radius 1 is 1.38 bits per heavy atom. The van der Waals surface area contributed by atoms with Crippen molar-refractivity contribution in [3.05, 3.63) is 73.5 Å². The van der Waals surface area contributed by atoms with Crippen LogP contribution in [0.15, 0.2) is 46.0 Å². The standard InChI is InChI=1S/C16H11BrFN3O3/c17-11-6-9(4-5-12(11)18)7-13-10-2-1-3-15(21(23)24)16(10)14(8-22)20-19-13/h1-6,8,14,20H,7H2. The van der Waals surface area contributed by atoms with Gasteiger partial charge >= 0.3 is 0 Å². The second kappa shape index (κ2) is 6.48. The van der Waals surface area contributed by atoms with E-state index in [0.717, 1.165) is 5.56 Å². The lowest BCUT2D eigenvalue weighted by Gasteiger charge is -2.22. The Bertz CT molecular complexity index is 870. The quantitative estimate of drug-likeness (QED) is 0.492. The monoisotopic (exact) mass is 391 g/mol. The van der Waals surface area contributed by atoms with E-state index in [1.807, 2.05) is 0 Å². The predicted octanol–water partition coefficient (Wildman–Crippen LogP) is 3.29. The van der Waals surface area contributed by atoms with Gasteiger partial charge in [-0.15, -0.1) is 0 Å². The van der Waals surface area contributed by atoms with Gasteiger partial charge in [-0.05, 0) is 33.6 Å². The highest BCUT2D eigenvalue weighted by molar-refractivity contribution is 9.10. The van der Waals surface area contributed by atoms with Crippen molar-refractivity contribution in [2.45, 2.75) is 12.5 Å². The molecule has 2 aromatic carbocycles. The Hall–Kier alpha value is -2.61. The Kier molecular flexibility index (Phi) is 4.39. The zero-order chi connectivity index (χ0) is 17.3. The molecule has 6 nitrogen and oxygen atoms in total. The number of benzene rings is 2. The smallest absolute Gasteiger partial charge is 0.275 e. The molecule has 1 unspecified atom stereocenters. The maximum absolute atomic E-state index is 13.4. The summed E-state index contributed by atoms with van der Waals surface area (Å²) in [6.45, 7) is 0. The number of carbonyl (C=O) groups excluding carboxylic acids is 1. The Balaban J connectivity index is 2.04. The zero-order valence-corrected chi connectivity index (χ0v) is 13.8. The van der Waals surface area contributed by atoms with E-state index in [2.05, 4.69) is 26.5 Å². The van der Waals surface area contributed by atoms with Gasteiger partial charge in [-0.3, -0.25) is 15.5 Å². The fraction of sp³-hybridized carbons (Fsp3) is 0.125. The number of nitro groups is 1. The van der Waals surface area contributed by atoms with E-state index in [0.29, 0.717) is 34.0 Å². The molecule has 122 valence electrons. The Morgan fingerprint density at radius 2 is 2.17 bits per heavy atom. The summed E-state index contributed by atoms with van der Waals surface area (Å²) >= 11 is 3.13. The first kappa shape index (κ1) is 16.3. The Labute approximate surface area is 144 Å². The van der Waals surface area contributed by atoms with Crippen molar-refractivity contribution in [2.24, 2.45) is 5.10 Å². The van der Waals surface area contributed by atoms with Crippen LogP contribution in [0.5, 0.6) is 0 Å². The molecule has 1 atom stereocenters. The van der Waals surface area contributed by atoms with Crippen LogP contribution in [0.1, 0.15) is 22.7 Å². The maximum atomic E-state index is 13.4. The summed E-state index contributed by atoms with van der Waals surface area (Å²) in [4.78, 5) is 22.0. The summed E-state index contributed by atoms with van der Waals surface area (Å²) in [6.07, 6.45) is 0.923. The van der Waals surface area contributed by atoms with Crippen molar-refractivity contribution in [2.75, 3.05) is 0 Å². The van der Waals surface area contributed by atoms with E-state index in [1.54, 1.807) is 24.3 Å². The number of hydrogen-bond donors (Lipinski definition) is 1. The predicted molar refractivity (Wildman–Crippen MR) is 89.4 cm³/mol. The van der Waals surface area contributed by atoms with Crippen molar-refractivity contribution in [1.29, 1.82) is 0 Å². The molecule has 0 bridgehead atoms. The summed E-state index contributed by atoms with van der Waals surface area (Å²) in [5, 5.41) is 15.4. The van der Waals surface area contributed by atoms with E-state index in [9.17, 15) is 19.3 Å². The average Bonchev–Trinajstić information content (AvgIpc) is 2.58. The summed E-state index contributed by atoms with van der Waals surface area (Å²) in [5.41, 5.74) is 4.68. The molecule has 24 heavy (non-hydrogen) atoms. The summed E-state index contributed by atoms with van der Waals surface area (Å²) in [6, 6.07) is 8.31. The van der Waals surface area contributed by atoms with Crippen LogP contribution < -0.4 is 5.43 Å². The number of carbonyl (C=O) groups is 1. The number of aldehydes is 1. The number of hydrazone groups is 1. The van der Waals surface area contributed by atoms with Gasteiger partial charge in [0, 0.05) is 18.1 Å². The highest BCUT2D eigenvalue weighted by Gasteiger charge is 2.30. The molecule has 2 aromatic rings. The molecule has 0 amide bonds. The lowest BCUT2D eigenvalue weighted by molar-refractivity contribution is -0.385. The van der Waals surface area contributed by atoms with Gasteiger partial charge in [-0.25, -0.2) is 4.39 Å². The fourth-order valence-electron chi connectivity index (χ4n) is 2.64. The van der Waals surface area contributed by atoms with Crippen LogP contribution in [-0.4, -0.2) is 16.9 Å². The average molecular weight is 392 g/mol. The molecule has 1 aliphatic heterocycles. The SMILES string of the molecule is O=CC1NN=C(Cc2ccc(F)c(Br)c2)c2cccc([N+](=O)[O-])c21. The third-order valence-electron chi connectivity index (χ3n) is 3.73. The first-order valence-electron chi connectivity index (χ1n) is 7.00. The first-order valence-corrected chi connectivity index (χ1v) is 7.79. The number of nitrogens with one attached hydrogen (secondary N) is 1. The second-order valence-electron chi connectivity index (χ2n) is 5.22. The van der Waals surface area contributed by atoms with Gasteiger partial charge in [0.25, 0.3) is 5.69 Å². The summed E-state index contributed by atoms with van der Waals surface area (Å²) < 4.78 is 13.7. The van der Waals surface area contributed by atoms with Crippen molar-refractivity contribution in [3.8, 4) is 0 Å². The number of fused-ring (bicyclic) bond motifs is 1. The molecular formula is C16H11BrFN3O3. The van der Waals surface area contributed by atoms with Crippen molar-refractivity contribution < 1.29 is 14.1 Å². The molecule has 0 saturated carbocycles. The van der Waals surface area contributed by atoms with Crippen LogP contribution >= 0.6 is 15.9 Å². The molecule has 3 rings (SSSR count). The van der Waals surface area contributed by atoms with E-state index < -0.39 is 11.0 Å². The molecular weight excluding hydrogens is 381 g/mol. The molecule has 1 aliphatic rings. The number of halogens is 2. The van der Waals surface area contributed by atoms with E-state index in [1.165, 1.54) is 12.1 Å². The summed E-state index contributed by atoms with van der Waals surface area (Å²) in [7, 11) is 0. The largest absolute Gasteiger partial charge is 0.301 e.